The molecule has 6 heteroatoms. The van der Waals surface area contributed by atoms with Crippen molar-refractivity contribution in [3.05, 3.63) is 218 Å². The first-order valence-corrected chi connectivity index (χ1v) is 26.9. The SMILES string of the molecule is Cc1cccc2c1oc1cc(N(c3ccccc3)c3ccc4c5cc6ccc(N(c7ccccc7)c7ccc8c(c7)oc7c([Si](C)(C)C)cccc78)cc6cc5n(-c5ccccc5)c4c3)ccc12. The Bertz CT molecular complexity index is 4090. The zero-order valence-electron chi connectivity index (χ0n) is 38.4. The molecule has 0 aliphatic heterocycles. The molecule has 5 nitrogen and oxygen atoms in total. The molecule has 3 aromatic heterocycles. The Kier molecular flexibility index (Phi) is 9.04. The zero-order valence-corrected chi connectivity index (χ0v) is 39.4. The lowest BCUT2D eigenvalue weighted by Crippen LogP contribution is -2.37. The summed E-state index contributed by atoms with van der Waals surface area (Å²) in [5.41, 5.74) is 14.6. The number of aryl methyl sites for hydroxylation is 1. The van der Waals surface area contributed by atoms with E-state index in [0.717, 1.165) is 100 Å². The predicted molar refractivity (Wildman–Crippen MR) is 290 cm³/mol. The van der Waals surface area contributed by atoms with Crippen LogP contribution in [0.3, 0.4) is 0 Å². The second-order valence-corrected chi connectivity index (χ2v) is 24.1. The minimum Gasteiger partial charge on any atom is -0.456 e. The average molecular weight is 894 g/mol. The summed E-state index contributed by atoms with van der Waals surface area (Å²) in [6.45, 7) is 9.26. The fourth-order valence-corrected chi connectivity index (χ4v) is 12.0. The van der Waals surface area contributed by atoms with Gasteiger partial charge in [0.15, 0.2) is 0 Å². The Morgan fingerprint density at radius 2 is 0.882 bits per heavy atom. The molecule has 0 atom stereocenters. The third kappa shape index (κ3) is 6.44. The molecule has 0 aliphatic rings. The van der Waals surface area contributed by atoms with Crippen molar-refractivity contribution in [2.45, 2.75) is 26.6 Å². The van der Waals surface area contributed by atoms with Crippen molar-refractivity contribution >= 4 is 124 Å². The molecule has 3 heterocycles. The van der Waals surface area contributed by atoms with Crippen LogP contribution in [0.15, 0.2) is 221 Å². The Labute approximate surface area is 395 Å². The van der Waals surface area contributed by atoms with Crippen LogP contribution in [0.1, 0.15) is 5.56 Å². The molecule has 13 rings (SSSR count). The van der Waals surface area contributed by atoms with Gasteiger partial charge in [0.25, 0.3) is 0 Å². The van der Waals surface area contributed by atoms with Gasteiger partial charge in [0.05, 0.1) is 19.1 Å². The minimum atomic E-state index is -1.65. The molecule has 0 aliphatic carbocycles. The van der Waals surface area contributed by atoms with Crippen LogP contribution in [-0.2, 0) is 0 Å². The maximum atomic E-state index is 6.78. The third-order valence-electron chi connectivity index (χ3n) is 13.7. The quantitative estimate of drug-likeness (QED) is 0.142. The van der Waals surface area contributed by atoms with E-state index in [1.807, 2.05) is 0 Å². The molecule has 0 N–H and O–H groups in total. The lowest BCUT2D eigenvalue weighted by atomic mass is 10.0. The van der Waals surface area contributed by atoms with Gasteiger partial charge in [-0.2, -0.15) is 0 Å². The van der Waals surface area contributed by atoms with Gasteiger partial charge in [-0.05, 0) is 126 Å². The summed E-state index contributed by atoms with van der Waals surface area (Å²) in [7, 11) is -1.65. The number of rotatable bonds is 8. The van der Waals surface area contributed by atoms with Crippen LogP contribution in [0.5, 0.6) is 0 Å². The van der Waals surface area contributed by atoms with Crippen LogP contribution in [0, 0.1) is 6.92 Å². The summed E-state index contributed by atoms with van der Waals surface area (Å²) in [4.78, 5) is 4.68. The van der Waals surface area contributed by atoms with E-state index in [4.69, 9.17) is 8.83 Å². The molecular formula is C62H47N3O2Si. The van der Waals surface area contributed by atoms with Gasteiger partial charge in [-0.1, -0.05) is 123 Å². The maximum Gasteiger partial charge on any atom is 0.138 e. The van der Waals surface area contributed by atoms with Gasteiger partial charge < -0.3 is 23.2 Å². The van der Waals surface area contributed by atoms with Crippen molar-refractivity contribution in [1.82, 2.24) is 4.57 Å². The molecular weight excluding hydrogens is 847 g/mol. The molecule has 0 spiro atoms. The number of anilines is 6. The average Bonchev–Trinajstić information content (AvgIpc) is 4.03. The largest absolute Gasteiger partial charge is 0.456 e. The number of nitrogens with zero attached hydrogens (tertiary/aromatic N) is 3. The number of aromatic nitrogens is 1. The van der Waals surface area contributed by atoms with Crippen LogP contribution in [0.4, 0.5) is 34.1 Å². The van der Waals surface area contributed by atoms with Crippen LogP contribution in [0.2, 0.25) is 19.6 Å². The number of hydrogen-bond donors (Lipinski definition) is 0. The van der Waals surface area contributed by atoms with Gasteiger partial charge in [0.1, 0.15) is 22.3 Å². The van der Waals surface area contributed by atoms with E-state index in [2.05, 4.69) is 253 Å². The molecule has 0 amide bonds. The van der Waals surface area contributed by atoms with Gasteiger partial charge in [-0.3, -0.25) is 0 Å². The highest BCUT2D eigenvalue weighted by atomic mass is 28.3. The molecule has 0 radical (unpaired) electrons. The summed E-state index contributed by atoms with van der Waals surface area (Å²) in [6, 6.07) is 76.8. The molecule has 0 saturated heterocycles. The van der Waals surface area contributed by atoms with Crippen LogP contribution < -0.4 is 15.0 Å². The van der Waals surface area contributed by atoms with E-state index in [1.54, 1.807) is 0 Å². The Morgan fingerprint density at radius 1 is 0.368 bits per heavy atom. The van der Waals surface area contributed by atoms with E-state index in [9.17, 15) is 0 Å². The number of para-hydroxylation sites is 5. The Hall–Kier alpha value is -8.32. The Morgan fingerprint density at radius 3 is 1.51 bits per heavy atom. The van der Waals surface area contributed by atoms with E-state index in [0.29, 0.717) is 0 Å². The van der Waals surface area contributed by atoms with E-state index < -0.39 is 8.07 Å². The predicted octanol–water partition coefficient (Wildman–Crippen LogP) is 17.5. The highest BCUT2D eigenvalue weighted by Crippen LogP contribution is 2.44. The first kappa shape index (κ1) is 40.0. The van der Waals surface area contributed by atoms with Crippen molar-refractivity contribution in [3.8, 4) is 5.69 Å². The minimum absolute atomic E-state index is 0.871. The second kappa shape index (κ2) is 15.4. The first-order valence-electron chi connectivity index (χ1n) is 23.4. The standard InChI is InChI=1S/C62H47N3O2Si/c1-40-16-14-23-53-51-32-29-49(38-58(51)66-61(40)53)64(44-19-10-6-11-20-44)47-28-31-50-55-35-41-26-27-46(34-42(41)36-56(55)65(57(50)37-47)45-21-12-7-13-22-45)63(43-17-8-5-9-18-43)48-30-33-52-54-24-15-25-60(68(2,3)4)62(54)67-59(52)39-48/h5-39H,1-4H3. The molecule has 0 saturated carbocycles. The lowest BCUT2D eigenvalue weighted by Gasteiger charge is -2.25. The number of hydrogen-bond acceptors (Lipinski definition) is 4. The summed E-state index contributed by atoms with van der Waals surface area (Å²) >= 11 is 0. The van der Waals surface area contributed by atoms with Crippen LogP contribution in [0.25, 0.3) is 82.1 Å². The first-order chi connectivity index (χ1) is 33.2. The Balaban J connectivity index is 0.983. The maximum absolute atomic E-state index is 6.78. The van der Waals surface area contributed by atoms with E-state index in [-0.39, 0.29) is 0 Å². The smallest absolute Gasteiger partial charge is 0.138 e. The van der Waals surface area contributed by atoms with Crippen LogP contribution >= 0.6 is 0 Å². The van der Waals surface area contributed by atoms with E-state index in [1.165, 1.54) is 26.7 Å². The highest BCUT2D eigenvalue weighted by molar-refractivity contribution is 6.90. The van der Waals surface area contributed by atoms with Gasteiger partial charge in [0.2, 0.25) is 0 Å². The van der Waals surface area contributed by atoms with Gasteiger partial charge in [0, 0.05) is 84.3 Å². The number of fused-ring (bicyclic) bond motifs is 10. The van der Waals surface area contributed by atoms with Crippen molar-refractivity contribution in [2.75, 3.05) is 9.80 Å². The second-order valence-electron chi connectivity index (χ2n) is 19.1. The van der Waals surface area contributed by atoms with Crippen molar-refractivity contribution < 1.29 is 8.83 Å². The molecule has 326 valence electrons. The lowest BCUT2D eigenvalue weighted by molar-refractivity contribution is 0.666. The molecule has 0 bridgehead atoms. The number of benzene rings is 10. The van der Waals surface area contributed by atoms with Gasteiger partial charge >= 0.3 is 0 Å². The molecule has 0 unspecified atom stereocenters. The number of furan rings is 2. The van der Waals surface area contributed by atoms with E-state index >= 15 is 0 Å². The normalized spacial score (nSPS) is 12.1. The monoisotopic (exact) mass is 893 g/mol. The molecule has 68 heavy (non-hydrogen) atoms. The third-order valence-corrected chi connectivity index (χ3v) is 15.7. The fourth-order valence-electron chi connectivity index (χ4n) is 10.5. The molecule has 0 fully saturated rings. The van der Waals surface area contributed by atoms with Crippen molar-refractivity contribution in [2.24, 2.45) is 0 Å². The van der Waals surface area contributed by atoms with Crippen molar-refractivity contribution in [3.63, 3.8) is 0 Å². The molecule has 13 aromatic rings. The molecule has 10 aromatic carbocycles. The highest BCUT2D eigenvalue weighted by Gasteiger charge is 2.24. The van der Waals surface area contributed by atoms with Gasteiger partial charge in [-0.25, -0.2) is 0 Å². The summed E-state index contributed by atoms with van der Waals surface area (Å²) in [5, 5.41) is 10.7. The van der Waals surface area contributed by atoms with Crippen LogP contribution in [-0.4, -0.2) is 12.6 Å². The summed E-state index contributed by atoms with van der Waals surface area (Å²) in [5.74, 6) is 0. The zero-order chi connectivity index (χ0) is 45.7. The van der Waals surface area contributed by atoms with Gasteiger partial charge in [-0.15, -0.1) is 0 Å². The fraction of sp³-hybridized carbons (Fsp3) is 0.0645. The van der Waals surface area contributed by atoms with Crippen molar-refractivity contribution in [1.29, 1.82) is 0 Å². The summed E-state index contributed by atoms with van der Waals surface area (Å²) < 4.78 is 15.8. The summed E-state index contributed by atoms with van der Waals surface area (Å²) in [6.07, 6.45) is 0. The topological polar surface area (TPSA) is 37.7 Å².